The number of amides is 1. The lowest BCUT2D eigenvalue weighted by Gasteiger charge is -2.12. The number of hydrogen-bond acceptors (Lipinski definition) is 6. The molecule has 0 aliphatic heterocycles. The van der Waals surface area contributed by atoms with Crippen LogP contribution in [0.25, 0.3) is 16.9 Å². The molecule has 0 unspecified atom stereocenters. The smallest absolute Gasteiger partial charge is 0.310 e. The maximum absolute atomic E-state index is 12.4. The largest absolute Gasteiger partial charge is 0.455 e. The molecule has 0 saturated heterocycles. The van der Waals surface area contributed by atoms with Crippen LogP contribution >= 0.6 is 0 Å². The Kier molecular flexibility index (Phi) is 5.70. The molecule has 1 N–H and O–H groups in total. The number of benzene rings is 2. The van der Waals surface area contributed by atoms with Gasteiger partial charge in [-0.15, -0.1) is 0 Å². The minimum absolute atomic E-state index is 0.00561. The number of nitrogens with one attached hydrogen (secondary N) is 1. The van der Waals surface area contributed by atoms with E-state index in [0.29, 0.717) is 22.7 Å². The molecular weight excluding hydrogens is 394 g/mol. The zero-order valence-corrected chi connectivity index (χ0v) is 17.2. The summed E-state index contributed by atoms with van der Waals surface area (Å²) in [7, 11) is 0. The average Bonchev–Trinajstić information content (AvgIpc) is 3.25. The van der Waals surface area contributed by atoms with Crippen LogP contribution in [0.2, 0.25) is 0 Å². The van der Waals surface area contributed by atoms with E-state index >= 15 is 0 Å². The highest BCUT2D eigenvalue weighted by Gasteiger charge is 2.16. The Bertz CT molecular complexity index is 1250. The number of fused-ring (bicyclic) bond motifs is 1. The Labute approximate surface area is 178 Å². The van der Waals surface area contributed by atoms with E-state index in [4.69, 9.17) is 4.74 Å². The Morgan fingerprint density at radius 2 is 1.77 bits per heavy atom. The molecule has 0 aliphatic rings. The van der Waals surface area contributed by atoms with E-state index in [0.717, 1.165) is 16.8 Å². The van der Waals surface area contributed by atoms with Crippen LogP contribution in [-0.4, -0.2) is 38.1 Å². The van der Waals surface area contributed by atoms with Crippen LogP contribution in [0.4, 0.5) is 5.69 Å². The van der Waals surface area contributed by atoms with Gasteiger partial charge < -0.3 is 10.1 Å². The molecule has 8 heteroatoms. The normalized spacial score (nSPS) is 10.8. The SMILES string of the molecule is Cc1nc2ncnn2c(C)c1CC(=O)OCC(=O)Nc1ccccc1-c1ccccc1. The number of carbonyl (C=O) groups is 2. The summed E-state index contributed by atoms with van der Waals surface area (Å²) in [6.07, 6.45) is 1.41. The zero-order valence-electron chi connectivity index (χ0n) is 17.2. The summed E-state index contributed by atoms with van der Waals surface area (Å²) in [6.45, 7) is 3.27. The first kappa shape index (κ1) is 20.2. The molecule has 0 radical (unpaired) electrons. The Morgan fingerprint density at radius 3 is 2.58 bits per heavy atom. The Morgan fingerprint density at radius 1 is 1.03 bits per heavy atom. The second-order valence-corrected chi connectivity index (χ2v) is 7.03. The van der Waals surface area contributed by atoms with E-state index in [1.54, 1.807) is 11.4 Å². The number of esters is 1. The second kappa shape index (κ2) is 8.74. The minimum atomic E-state index is -0.515. The third-order valence-electron chi connectivity index (χ3n) is 4.96. The van der Waals surface area contributed by atoms with Crippen molar-refractivity contribution in [3.8, 4) is 11.1 Å². The van der Waals surface area contributed by atoms with Gasteiger partial charge in [-0.05, 0) is 25.5 Å². The minimum Gasteiger partial charge on any atom is -0.455 e. The van der Waals surface area contributed by atoms with Crippen molar-refractivity contribution in [1.29, 1.82) is 0 Å². The van der Waals surface area contributed by atoms with Gasteiger partial charge in [0, 0.05) is 28.2 Å². The van der Waals surface area contributed by atoms with E-state index in [2.05, 4.69) is 20.4 Å². The van der Waals surface area contributed by atoms with Crippen molar-refractivity contribution in [3.63, 3.8) is 0 Å². The van der Waals surface area contributed by atoms with Gasteiger partial charge in [-0.3, -0.25) is 9.59 Å². The molecule has 0 atom stereocenters. The number of para-hydroxylation sites is 1. The van der Waals surface area contributed by atoms with E-state index < -0.39 is 11.9 Å². The highest BCUT2D eigenvalue weighted by molar-refractivity contribution is 5.97. The van der Waals surface area contributed by atoms with E-state index in [1.807, 2.05) is 61.5 Å². The number of ether oxygens (including phenoxy) is 1. The molecule has 156 valence electrons. The lowest BCUT2D eigenvalue weighted by atomic mass is 10.0. The van der Waals surface area contributed by atoms with Gasteiger partial charge in [0.05, 0.1) is 6.42 Å². The molecule has 8 nitrogen and oxygen atoms in total. The summed E-state index contributed by atoms with van der Waals surface area (Å²) in [5, 5.41) is 6.93. The van der Waals surface area contributed by atoms with E-state index in [1.165, 1.54) is 6.33 Å². The van der Waals surface area contributed by atoms with Crippen molar-refractivity contribution in [2.45, 2.75) is 20.3 Å². The summed E-state index contributed by atoms with van der Waals surface area (Å²) in [5.74, 6) is -0.447. The predicted octanol–water partition coefficient (Wildman–Crippen LogP) is 3.13. The van der Waals surface area contributed by atoms with E-state index in [9.17, 15) is 9.59 Å². The van der Waals surface area contributed by atoms with Crippen molar-refractivity contribution in [2.24, 2.45) is 0 Å². The average molecular weight is 415 g/mol. The van der Waals surface area contributed by atoms with Gasteiger partial charge >= 0.3 is 5.97 Å². The molecular formula is C23H21N5O3. The third kappa shape index (κ3) is 4.42. The quantitative estimate of drug-likeness (QED) is 0.486. The van der Waals surface area contributed by atoms with Gasteiger partial charge in [0.15, 0.2) is 6.61 Å². The molecule has 0 aliphatic carbocycles. The predicted molar refractivity (Wildman–Crippen MR) is 115 cm³/mol. The van der Waals surface area contributed by atoms with Crippen molar-refractivity contribution >= 4 is 23.3 Å². The van der Waals surface area contributed by atoms with Crippen molar-refractivity contribution in [3.05, 3.63) is 77.9 Å². The first-order valence-electron chi connectivity index (χ1n) is 9.78. The molecule has 31 heavy (non-hydrogen) atoms. The maximum atomic E-state index is 12.4. The van der Waals surface area contributed by atoms with Gasteiger partial charge in [0.2, 0.25) is 0 Å². The van der Waals surface area contributed by atoms with Crippen LogP contribution in [0, 0.1) is 13.8 Å². The third-order valence-corrected chi connectivity index (χ3v) is 4.96. The molecule has 0 bridgehead atoms. The number of carbonyl (C=O) groups excluding carboxylic acids is 2. The van der Waals surface area contributed by atoms with Crippen molar-refractivity contribution in [2.75, 3.05) is 11.9 Å². The van der Waals surface area contributed by atoms with Crippen LogP contribution < -0.4 is 5.32 Å². The molecule has 0 fully saturated rings. The van der Waals surface area contributed by atoms with Crippen LogP contribution in [0.5, 0.6) is 0 Å². The van der Waals surface area contributed by atoms with Gasteiger partial charge in [-0.1, -0.05) is 48.5 Å². The van der Waals surface area contributed by atoms with Crippen molar-refractivity contribution < 1.29 is 14.3 Å². The fraction of sp³-hybridized carbons (Fsp3) is 0.174. The zero-order chi connectivity index (χ0) is 21.8. The molecule has 4 aromatic rings. The Hall–Kier alpha value is -4.07. The Balaban J connectivity index is 1.40. The topological polar surface area (TPSA) is 98.5 Å². The summed E-state index contributed by atoms with van der Waals surface area (Å²) < 4.78 is 6.78. The molecule has 0 spiro atoms. The lowest BCUT2D eigenvalue weighted by Crippen LogP contribution is -2.22. The second-order valence-electron chi connectivity index (χ2n) is 7.03. The highest BCUT2D eigenvalue weighted by atomic mass is 16.5. The fourth-order valence-electron chi connectivity index (χ4n) is 3.40. The van der Waals surface area contributed by atoms with Crippen LogP contribution in [0.15, 0.2) is 60.9 Å². The fourth-order valence-corrected chi connectivity index (χ4v) is 3.40. The number of nitrogens with zero attached hydrogens (tertiary/aromatic N) is 4. The number of anilines is 1. The van der Waals surface area contributed by atoms with Gasteiger partial charge in [0.25, 0.3) is 11.7 Å². The molecule has 2 aromatic heterocycles. The summed E-state index contributed by atoms with van der Waals surface area (Å²) >= 11 is 0. The number of aromatic nitrogens is 4. The molecule has 1 amide bonds. The number of rotatable bonds is 6. The van der Waals surface area contributed by atoms with Crippen LogP contribution in [-0.2, 0) is 20.7 Å². The van der Waals surface area contributed by atoms with Gasteiger partial charge in [0.1, 0.15) is 6.33 Å². The first-order chi connectivity index (χ1) is 15.0. The highest BCUT2D eigenvalue weighted by Crippen LogP contribution is 2.27. The summed E-state index contributed by atoms with van der Waals surface area (Å²) in [4.78, 5) is 33.2. The summed E-state index contributed by atoms with van der Waals surface area (Å²) in [5.41, 5.74) is 4.67. The van der Waals surface area contributed by atoms with Gasteiger partial charge in [-0.25, -0.2) is 9.50 Å². The first-order valence-corrected chi connectivity index (χ1v) is 9.78. The van der Waals surface area contributed by atoms with E-state index in [-0.39, 0.29) is 13.0 Å². The monoisotopic (exact) mass is 415 g/mol. The summed E-state index contributed by atoms with van der Waals surface area (Å²) in [6, 6.07) is 17.2. The lowest BCUT2D eigenvalue weighted by molar-refractivity contribution is -0.146. The van der Waals surface area contributed by atoms with Crippen LogP contribution in [0.1, 0.15) is 17.0 Å². The standard InChI is InChI=1S/C23H21N5O3/c1-15-19(16(2)28-23(26-15)24-14-25-28)12-22(30)31-13-21(29)27-20-11-7-6-10-18(20)17-8-4-3-5-9-17/h3-11,14H,12-13H2,1-2H3,(H,27,29). The number of aryl methyl sites for hydroxylation is 2. The molecule has 2 heterocycles. The molecule has 0 saturated carbocycles. The molecule has 4 rings (SSSR count). The van der Waals surface area contributed by atoms with Crippen molar-refractivity contribution in [1.82, 2.24) is 19.6 Å². The molecule has 2 aromatic carbocycles. The van der Waals surface area contributed by atoms with Gasteiger partial charge in [-0.2, -0.15) is 10.1 Å². The maximum Gasteiger partial charge on any atom is 0.310 e. The van der Waals surface area contributed by atoms with Crippen LogP contribution in [0.3, 0.4) is 0 Å². The number of hydrogen-bond donors (Lipinski definition) is 1.